The molecular weight excluding hydrogens is 314 g/mol. The van der Waals surface area contributed by atoms with Crippen LogP contribution in [0.5, 0.6) is 0 Å². The second-order valence-corrected chi connectivity index (χ2v) is 7.95. The van der Waals surface area contributed by atoms with E-state index in [0.717, 1.165) is 30.5 Å². The Balaban J connectivity index is 2.18. The second kappa shape index (κ2) is 6.18. The summed E-state index contributed by atoms with van der Waals surface area (Å²) in [5.41, 5.74) is 2.93. The first-order valence-corrected chi connectivity index (χ1v) is 8.46. The zero-order valence-electron chi connectivity index (χ0n) is 13.5. The second-order valence-electron chi connectivity index (χ2n) is 7.16. The maximum atomic E-state index is 4.54. The number of rotatable bonds is 4. The number of nitrogens with zero attached hydrogens (tertiary/aromatic N) is 2. The molecule has 0 aliphatic heterocycles. The molecule has 2 rings (SSSR count). The van der Waals surface area contributed by atoms with Crippen LogP contribution in [-0.4, -0.2) is 23.4 Å². The monoisotopic (exact) mass is 341 g/mol. The van der Waals surface area contributed by atoms with Crippen LogP contribution in [0.15, 0.2) is 4.47 Å². The van der Waals surface area contributed by atoms with Crippen molar-refractivity contribution < 1.29 is 0 Å². The van der Waals surface area contributed by atoms with Crippen molar-refractivity contribution in [3.63, 3.8) is 0 Å². The number of hydrogen-bond donors (Lipinski definition) is 1. The third-order valence-corrected chi connectivity index (χ3v) is 5.89. The quantitative estimate of drug-likeness (QED) is 0.904. The molecule has 114 valence electrons. The van der Waals surface area contributed by atoms with Gasteiger partial charge in [0, 0.05) is 7.05 Å². The van der Waals surface area contributed by atoms with Gasteiger partial charge in [0.2, 0.25) is 0 Å². The van der Waals surface area contributed by atoms with Gasteiger partial charge in [-0.2, -0.15) is 5.10 Å². The molecule has 1 aromatic heterocycles. The summed E-state index contributed by atoms with van der Waals surface area (Å²) in [7, 11) is 4.13. The van der Waals surface area contributed by atoms with Crippen LogP contribution in [0.2, 0.25) is 0 Å². The topological polar surface area (TPSA) is 29.9 Å². The lowest BCUT2D eigenvalue weighted by Crippen LogP contribution is -2.36. The maximum absolute atomic E-state index is 4.54. The minimum absolute atomic E-state index is 0.481. The molecule has 0 bridgehead atoms. The molecule has 0 amide bonds. The number of hydrogen-bond acceptors (Lipinski definition) is 2. The third kappa shape index (κ3) is 3.45. The van der Waals surface area contributed by atoms with Gasteiger partial charge in [-0.15, -0.1) is 0 Å². The fraction of sp³-hybridized carbons (Fsp3) is 0.812. The van der Waals surface area contributed by atoms with E-state index in [0.29, 0.717) is 5.41 Å². The van der Waals surface area contributed by atoms with E-state index in [1.54, 1.807) is 0 Å². The van der Waals surface area contributed by atoms with Gasteiger partial charge in [-0.1, -0.05) is 13.8 Å². The fourth-order valence-electron chi connectivity index (χ4n) is 3.71. The molecule has 1 fully saturated rings. The summed E-state index contributed by atoms with van der Waals surface area (Å²) in [6.45, 7) is 8.04. The van der Waals surface area contributed by atoms with E-state index in [-0.39, 0.29) is 0 Å². The molecule has 2 unspecified atom stereocenters. The Morgan fingerprint density at radius 3 is 2.65 bits per heavy atom. The molecule has 2 atom stereocenters. The Bertz CT molecular complexity index is 465. The molecule has 0 saturated heterocycles. The van der Waals surface area contributed by atoms with Crippen LogP contribution in [0.3, 0.4) is 0 Å². The lowest BCUT2D eigenvalue weighted by Gasteiger charge is -2.41. The summed E-state index contributed by atoms with van der Waals surface area (Å²) in [5.74, 6) is 1.53. The lowest BCUT2D eigenvalue weighted by molar-refractivity contribution is 0.116. The van der Waals surface area contributed by atoms with Crippen LogP contribution in [0.1, 0.15) is 44.5 Å². The van der Waals surface area contributed by atoms with E-state index in [4.69, 9.17) is 0 Å². The normalized spacial score (nSPS) is 25.9. The number of aromatic nitrogens is 2. The highest BCUT2D eigenvalue weighted by Gasteiger charge is 2.35. The van der Waals surface area contributed by atoms with Gasteiger partial charge in [0.25, 0.3) is 0 Å². The van der Waals surface area contributed by atoms with Gasteiger partial charge in [0.1, 0.15) is 0 Å². The smallest absolute Gasteiger partial charge is 0.0738 e. The number of halogens is 1. The Morgan fingerprint density at radius 1 is 1.40 bits per heavy atom. The van der Waals surface area contributed by atoms with Crippen LogP contribution in [0.25, 0.3) is 0 Å². The molecule has 0 radical (unpaired) electrons. The standard InChI is InChI=1S/C16H28BrN3/c1-11-15(17)14(20(5)19-11)8-13-9-16(2,3)7-6-12(13)10-18-4/h12-13,18H,6-10H2,1-5H3. The molecule has 20 heavy (non-hydrogen) atoms. The Labute approximate surface area is 131 Å². The van der Waals surface area contributed by atoms with Gasteiger partial charge in [0.15, 0.2) is 0 Å². The summed E-state index contributed by atoms with van der Waals surface area (Å²) in [5, 5.41) is 7.92. The molecule has 1 saturated carbocycles. The Hall–Kier alpha value is -0.350. The highest BCUT2D eigenvalue weighted by atomic mass is 79.9. The van der Waals surface area contributed by atoms with Crippen molar-refractivity contribution in [3.8, 4) is 0 Å². The SMILES string of the molecule is CNCC1CCC(C)(C)CC1Cc1c(Br)c(C)nn1C. The minimum atomic E-state index is 0.481. The van der Waals surface area contributed by atoms with Crippen molar-refractivity contribution in [2.45, 2.75) is 46.5 Å². The lowest BCUT2D eigenvalue weighted by atomic mass is 9.66. The van der Waals surface area contributed by atoms with Crippen molar-refractivity contribution in [3.05, 3.63) is 15.9 Å². The average molecular weight is 342 g/mol. The van der Waals surface area contributed by atoms with E-state index in [2.05, 4.69) is 65.9 Å². The van der Waals surface area contributed by atoms with Crippen molar-refractivity contribution in [1.82, 2.24) is 15.1 Å². The van der Waals surface area contributed by atoms with E-state index < -0.39 is 0 Å². The largest absolute Gasteiger partial charge is 0.319 e. The molecule has 3 nitrogen and oxygen atoms in total. The third-order valence-electron chi connectivity index (χ3n) is 4.86. The molecule has 1 aliphatic carbocycles. The first-order valence-electron chi connectivity index (χ1n) is 7.66. The Kier molecular flexibility index (Phi) is 4.96. The van der Waals surface area contributed by atoms with E-state index >= 15 is 0 Å². The molecule has 1 N–H and O–H groups in total. The van der Waals surface area contributed by atoms with Gasteiger partial charge in [-0.05, 0) is 79.4 Å². The van der Waals surface area contributed by atoms with Crippen LogP contribution in [0, 0.1) is 24.2 Å². The van der Waals surface area contributed by atoms with Gasteiger partial charge >= 0.3 is 0 Å². The van der Waals surface area contributed by atoms with Gasteiger partial charge < -0.3 is 5.32 Å². The van der Waals surface area contributed by atoms with Gasteiger partial charge in [-0.3, -0.25) is 4.68 Å². The van der Waals surface area contributed by atoms with Crippen LogP contribution < -0.4 is 5.32 Å². The predicted octanol–water partition coefficient (Wildman–Crippen LogP) is 3.70. The van der Waals surface area contributed by atoms with Crippen molar-refractivity contribution in [2.75, 3.05) is 13.6 Å². The van der Waals surface area contributed by atoms with Gasteiger partial charge in [-0.25, -0.2) is 0 Å². The molecule has 0 spiro atoms. The molecule has 1 heterocycles. The zero-order chi connectivity index (χ0) is 14.9. The highest BCUT2D eigenvalue weighted by molar-refractivity contribution is 9.10. The molecule has 0 aromatic carbocycles. The number of aryl methyl sites for hydroxylation is 2. The van der Waals surface area contributed by atoms with Crippen molar-refractivity contribution in [2.24, 2.45) is 24.3 Å². The summed E-state index contributed by atoms with van der Waals surface area (Å²) in [6, 6.07) is 0. The first-order chi connectivity index (χ1) is 9.34. The summed E-state index contributed by atoms with van der Waals surface area (Å²) >= 11 is 3.72. The van der Waals surface area contributed by atoms with Crippen LogP contribution in [0.4, 0.5) is 0 Å². The Morgan fingerprint density at radius 2 is 2.10 bits per heavy atom. The first kappa shape index (κ1) is 16.0. The highest BCUT2D eigenvalue weighted by Crippen LogP contribution is 2.43. The molecular formula is C16H28BrN3. The van der Waals surface area contributed by atoms with Crippen molar-refractivity contribution >= 4 is 15.9 Å². The average Bonchev–Trinajstić information content (AvgIpc) is 2.59. The summed E-state index contributed by atoms with van der Waals surface area (Å²) < 4.78 is 3.25. The van der Waals surface area contributed by atoms with E-state index in [1.165, 1.54) is 29.4 Å². The summed E-state index contributed by atoms with van der Waals surface area (Å²) in [6.07, 6.45) is 5.14. The predicted molar refractivity (Wildman–Crippen MR) is 87.9 cm³/mol. The van der Waals surface area contributed by atoms with E-state index in [9.17, 15) is 0 Å². The van der Waals surface area contributed by atoms with E-state index in [1.807, 2.05) is 0 Å². The molecule has 1 aromatic rings. The molecule has 1 aliphatic rings. The van der Waals surface area contributed by atoms with Gasteiger partial charge in [0.05, 0.1) is 15.9 Å². The fourth-order valence-corrected chi connectivity index (χ4v) is 4.21. The maximum Gasteiger partial charge on any atom is 0.0738 e. The molecule has 4 heteroatoms. The van der Waals surface area contributed by atoms with Crippen LogP contribution in [-0.2, 0) is 13.5 Å². The zero-order valence-corrected chi connectivity index (χ0v) is 15.0. The number of nitrogens with one attached hydrogen (secondary N) is 1. The summed E-state index contributed by atoms with van der Waals surface area (Å²) in [4.78, 5) is 0. The van der Waals surface area contributed by atoms with Crippen LogP contribution >= 0.6 is 15.9 Å². The van der Waals surface area contributed by atoms with Crippen molar-refractivity contribution in [1.29, 1.82) is 0 Å². The minimum Gasteiger partial charge on any atom is -0.319 e.